The van der Waals surface area contributed by atoms with Crippen molar-refractivity contribution in [2.45, 2.75) is 257 Å². The van der Waals surface area contributed by atoms with Crippen LogP contribution in [0.4, 0.5) is 0 Å². The van der Waals surface area contributed by atoms with E-state index < -0.39 is 12.2 Å². The SMILES string of the molecule is CCCCCCCCCCCCCCCCCCC(OC(CCCCCCCCCCCCCCCCCC)C(O)CCl)C(O)CCl. The van der Waals surface area contributed by atoms with Crippen molar-refractivity contribution in [2.24, 2.45) is 0 Å². The molecule has 0 aromatic carbocycles. The van der Waals surface area contributed by atoms with Gasteiger partial charge in [0.1, 0.15) is 0 Å². The zero-order chi connectivity index (χ0) is 34.5. The molecule has 0 aromatic rings. The van der Waals surface area contributed by atoms with Gasteiger partial charge in [-0.25, -0.2) is 0 Å². The number of halogens is 2. The molecule has 0 heterocycles. The van der Waals surface area contributed by atoms with Crippen LogP contribution in [0.5, 0.6) is 0 Å². The summed E-state index contributed by atoms with van der Waals surface area (Å²) in [5, 5.41) is 21.2. The van der Waals surface area contributed by atoms with Gasteiger partial charge in [0.15, 0.2) is 0 Å². The van der Waals surface area contributed by atoms with Gasteiger partial charge < -0.3 is 14.9 Å². The van der Waals surface area contributed by atoms with Crippen molar-refractivity contribution in [3.8, 4) is 0 Å². The third-order valence-electron chi connectivity index (χ3n) is 10.2. The lowest BCUT2D eigenvalue weighted by Gasteiger charge is -2.30. The van der Waals surface area contributed by atoms with Crippen LogP contribution in [0.25, 0.3) is 0 Å². The van der Waals surface area contributed by atoms with E-state index in [1.54, 1.807) is 0 Å². The molecule has 0 aliphatic carbocycles. The van der Waals surface area contributed by atoms with Crippen molar-refractivity contribution in [1.82, 2.24) is 0 Å². The van der Waals surface area contributed by atoms with E-state index in [-0.39, 0.29) is 24.0 Å². The van der Waals surface area contributed by atoms with Crippen LogP contribution in [0.1, 0.15) is 232 Å². The first kappa shape index (κ1) is 47.5. The minimum atomic E-state index is -0.705. The van der Waals surface area contributed by atoms with Crippen molar-refractivity contribution >= 4 is 23.2 Å². The topological polar surface area (TPSA) is 49.7 Å². The molecule has 0 spiro atoms. The summed E-state index contributed by atoms with van der Waals surface area (Å²) in [6.07, 6.45) is 42.6. The predicted octanol–water partition coefficient (Wildman–Crippen LogP) is 14.2. The van der Waals surface area contributed by atoms with Gasteiger partial charge in [-0.05, 0) is 12.8 Å². The predicted molar refractivity (Wildman–Crippen MR) is 210 cm³/mol. The van der Waals surface area contributed by atoms with Crippen LogP contribution in [-0.4, -0.2) is 46.4 Å². The third kappa shape index (κ3) is 33.4. The molecule has 0 fully saturated rings. The Labute approximate surface area is 305 Å². The molecule has 47 heavy (non-hydrogen) atoms. The summed E-state index contributed by atoms with van der Waals surface area (Å²) in [6, 6.07) is 0. The van der Waals surface area contributed by atoms with Crippen LogP contribution >= 0.6 is 23.2 Å². The number of aliphatic hydroxyl groups is 2. The Bertz CT molecular complexity index is 530. The van der Waals surface area contributed by atoms with Gasteiger partial charge in [-0.15, -0.1) is 23.2 Å². The maximum absolute atomic E-state index is 10.6. The van der Waals surface area contributed by atoms with Crippen molar-refractivity contribution in [2.75, 3.05) is 11.8 Å². The number of hydrogen-bond acceptors (Lipinski definition) is 3. The molecule has 0 saturated heterocycles. The van der Waals surface area contributed by atoms with Crippen LogP contribution in [0.2, 0.25) is 0 Å². The van der Waals surface area contributed by atoms with Gasteiger partial charge >= 0.3 is 0 Å². The van der Waals surface area contributed by atoms with E-state index in [9.17, 15) is 10.2 Å². The normalized spacial score (nSPS) is 14.4. The summed E-state index contributed by atoms with van der Waals surface area (Å²) in [4.78, 5) is 0. The molecule has 0 saturated carbocycles. The fourth-order valence-electron chi connectivity index (χ4n) is 6.91. The van der Waals surface area contributed by atoms with E-state index in [2.05, 4.69) is 13.8 Å². The lowest BCUT2D eigenvalue weighted by molar-refractivity contribution is -0.112. The number of hydrogen-bond donors (Lipinski definition) is 2. The Morgan fingerprint density at radius 3 is 0.723 bits per heavy atom. The molecule has 4 unspecified atom stereocenters. The highest BCUT2D eigenvalue weighted by Crippen LogP contribution is 2.22. The highest BCUT2D eigenvalue weighted by molar-refractivity contribution is 6.18. The molecule has 284 valence electrons. The molecule has 0 aliphatic rings. The van der Waals surface area contributed by atoms with Gasteiger partial charge in [0.2, 0.25) is 0 Å². The number of ether oxygens (including phenoxy) is 1. The zero-order valence-corrected chi connectivity index (χ0v) is 33.3. The summed E-state index contributed by atoms with van der Waals surface area (Å²) >= 11 is 12.1. The Balaban J connectivity index is 3.93. The molecule has 0 bridgehead atoms. The standard InChI is InChI=1S/C42H84Cl2O3/c1-3-5-7-9-11-13-15-17-19-21-23-25-27-29-31-33-35-41(39(45)37-43)47-42(40(46)38-44)36-34-32-30-28-26-24-22-20-18-16-14-12-10-8-6-4-2/h39-42,45-46H,3-38H2,1-2H3. The molecule has 0 rings (SSSR count). The molecule has 4 atom stereocenters. The maximum atomic E-state index is 10.6. The average Bonchev–Trinajstić information content (AvgIpc) is 3.09. The highest BCUT2D eigenvalue weighted by Gasteiger charge is 2.27. The first-order chi connectivity index (χ1) is 23.1. The molecule has 3 nitrogen and oxygen atoms in total. The minimum absolute atomic E-state index is 0.159. The van der Waals surface area contributed by atoms with Gasteiger partial charge in [-0.2, -0.15) is 0 Å². The Morgan fingerprint density at radius 2 is 0.532 bits per heavy atom. The fraction of sp³-hybridized carbons (Fsp3) is 1.00. The van der Waals surface area contributed by atoms with E-state index in [0.717, 1.165) is 38.5 Å². The molecule has 0 amide bonds. The van der Waals surface area contributed by atoms with Gasteiger partial charge in [0.05, 0.1) is 36.2 Å². The lowest BCUT2D eigenvalue weighted by Crippen LogP contribution is -2.40. The van der Waals surface area contributed by atoms with E-state index in [1.165, 1.54) is 180 Å². The Kier molecular flexibility index (Phi) is 39.6. The maximum Gasteiger partial charge on any atom is 0.0936 e. The summed E-state index contributed by atoms with van der Waals surface area (Å²) in [7, 11) is 0. The summed E-state index contributed by atoms with van der Waals surface area (Å²) < 4.78 is 6.34. The van der Waals surface area contributed by atoms with Gasteiger partial charge in [-0.1, -0.05) is 219 Å². The molecule has 0 radical (unpaired) electrons. The minimum Gasteiger partial charge on any atom is -0.389 e. The monoisotopic (exact) mass is 707 g/mol. The molecule has 5 heteroatoms. The van der Waals surface area contributed by atoms with Gasteiger partial charge in [-0.3, -0.25) is 0 Å². The summed E-state index contributed by atoms with van der Waals surface area (Å²) in [5.41, 5.74) is 0. The van der Waals surface area contributed by atoms with Crippen LogP contribution < -0.4 is 0 Å². The second kappa shape index (κ2) is 39.2. The second-order valence-electron chi connectivity index (χ2n) is 14.8. The molecular weight excluding hydrogens is 623 g/mol. The van der Waals surface area contributed by atoms with Crippen molar-refractivity contribution in [1.29, 1.82) is 0 Å². The number of aliphatic hydroxyl groups excluding tert-OH is 2. The first-order valence-electron chi connectivity index (χ1n) is 21.2. The smallest absolute Gasteiger partial charge is 0.0936 e. The van der Waals surface area contributed by atoms with Crippen molar-refractivity contribution in [3.63, 3.8) is 0 Å². The van der Waals surface area contributed by atoms with Crippen LogP contribution in [0, 0.1) is 0 Å². The van der Waals surface area contributed by atoms with Crippen LogP contribution in [0.3, 0.4) is 0 Å². The third-order valence-corrected chi connectivity index (χ3v) is 10.8. The highest BCUT2D eigenvalue weighted by atomic mass is 35.5. The molecule has 2 N–H and O–H groups in total. The molecule has 0 aromatic heterocycles. The Morgan fingerprint density at radius 1 is 0.340 bits per heavy atom. The fourth-order valence-corrected chi connectivity index (χ4v) is 7.31. The summed E-state index contributed by atoms with van der Waals surface area (Å²) in [6.45, 7) is 4.57. The van der Waals surface area contributed by atoms with E-state index in [0.29, 0.717) is 0 Å². The van der Waals surface area contributed by atoms with Crippen molar-refractivity contribution < 1.29 is 14.9 Å². The van der Waals surface area contributed by atoms with Gasteiger partial charge in [0, 0.05) is 0 Å². The van der Waals surface area contributed by atoms with Crippen LogP contribution in [-0.2, 0) is 4.74 Å². The van der Waals surface area contributed by atoms with Gasteiger partial charge in [0.25, 0.3) is 0 Å². The summed E-state index contributed by atoms with van der Waals surface area (Å²) in [5.74, 6) is 0.318. The molecular formula is C42H84Cl2O3. The molecule has 0 aliphatic heterocycles. The first-order valence-corrected chi connectivity index (χ1v) is 22.3. The second-order valence-corrected chi connectivity index (χ2v) is 15.5. The van der Waals surface area contributed by atoms with E-state index >= 15 is 0 Å². The number of rotatable bonds is 40. The van der Waals surface area contributed by atoms with E-state index in [4.69, 9.17) is 27.9 Å². The quantitative estimate of drug-likeness (QED) is 0.0492. The zero-order valence-electron chi connectivity index (χ0n) is 31.8. The lowest BCUT2D eigenvalue weighted by atomic mass is 10.0. The number of unbranched alkanes of at least 4 members (excludes halogenated alkanes) is 30. The van der Waals surface area contributed by atoms with E-state index in [1.807, 2.05) is 0 Å². The number of alkyl halides is 2. The van der Waals surface area contributed by atoms with Crippen LogP contribution in [0.15, 0.2) is 0 Å². The Hall–Kier alpha value is 0.460. The largest absolute Gasteiger partial charge is 0.389 e. The van der Waals surface area contributed by atoms with Crippen molar-refractivity contribution in [3.05, 3.63) is 0 Å². The average molecular weight is 708 g/mol.